The maximum absolute atomic E-state index is 11.5. The summed E-state index contributed by atoms with van der Waals surface area (Å²) in [6, 6.07) is 1.37. The predicted octanol–water partition coefficient (Wildman–Crippen LogP) is -1.29. The number of nitrogens with zero attached hydrogens (tertiary/aromatic N) is 2. The number of ether oxygens (including phenoxy) is 1. The Morgan fingerprint density at radius 1 is 1.37 bits per heavy atom. The van der Waals surface area contributed by atoms with Crippen LogP contribution >= 0.6 is 0 Å². The Bertz CT molecular complexity index is 464. The maximum Gasteiger partial charge on any atom is 0.351 e. The Morgan fingerprint density at radius 2 is 2.00 bits per heavy atom. The average Bonchev–Trinajstić information content (AvgIpc) is 2.57. The molecule has 0 radical (unpaired) electrons. The topological polar surface area (TPSA) is 131 Å². The molecule has 0 saturated carbocycles. The zero-order valence-electron chi connectivity index (χ0n) is 8.80. The van der Waals surface area contributed by atoms with Crippen LogP contribution in [0.3, 0.4) is 0 Å². The summed E-state index contributed by atoms with van der Waals surface area (Å²) in [5.41, 5.74) is 4.63. The summed E-state index contributed by atoms with van der Waals surface area (Å²) in [6.45, 7) is -0.453. The maximum atomic E-state index is 11.5. The number of hydrogen-bond donors (Lipinski definition) is 4. The van der Waals surface area contributed by atoms with E-state index in [9.17, 15) is 15.0 Å². The number of anilines is 1. The van der Waals surface area contributed by atoms with Crippen LogP contribution in [0, 0.1) is 0 Å². The fourth-order valence-electron chi connectivity index (χ4n) is 1.73. The highest BCUT2D eigenvalue weighted by atomic mass is 16.6. The van der Waals surface area contributed by atoms with Gasteiger partial charge in [0.05, 0.1) is 6.61 Å². The van der Waals surface area contributed by atoms with Crippen LogP contribution in [0.2, 0.25) is 0 Å². The number of aromatic nitrogens is 2. The minimum Gasteiger partial charge on any atom is -0.394 e. The molecule has 19 heavy (non-hydrogen) atoms. The molecule has 8 heteroatoms. The van der Waals surface area contributed by atoms with Crippen LogP contribution in [-0.4, -0.2) is 49.8 Å². The van der Waals surface area contributed by atoms with Crippen molar-refractivity contribution in [3.63, 3.8) is 0 Å². The van der Waals surface area contributed by atoms with Crippen LogP contribution in [0.1, 0.15) is 21.1 Å². The molecule has 1 aliphatic rings. The van der Waals surface area contributed by atoms with Crippen LogP contribution in [0.4, 0.5) is 5.82 Å². The first-order chi connectivity index (χ1) is 8.04. The molecule has 8 nitrogen and oxygen atoms in total. The molecule has 1 aromatic rings. The first-order valence-electron chi connectivity index (χ1n) is 5.01. The van der Waals surface area contributed by atoms with Crippen molar-refractivity contribution in [1.29, 1.82) is 0 Å². The van der Waals surface area contributed by atoms with Crippen LogP contribution in [0.5, 0.6) is 0 Å². The summed E-state index contributed by atoms with van der Waals surface area (Å²) >= 11 is 0. The first-order valence-corrected chi connectivity index (χ1v) is 5.01. The summed E-state index contributed by atoms with van der Waals surface area (Å²) in [6.07, 6.45) is -3.27. The second-order valence-electron chi connectivity index (χ2n) is 3.77. The molecule has 1 aliphatic heterocycles. The Balaban J connectivity index is 0.00000162. The summed E-state index contributed by atoms with van der Waals surface area (Å²) < 4.78 is 6.19. The molecule has 0 spiro atoms. The Kier molecular flexibility index (Phi) is 6.10. The molecular formula is C11H21N3O5. The van der Waals surface area contributed by atoms with E-state index in [1.165, 1.54) is 12.3 Å². The quantitative estimate of drug-likeness (QED) is 0.528. The van der Waals surface area contributed by atoms with Crippen molar-refractivity contribution >= 4 is 5.82 Å². The van der Waals surface area contributed by atoms with E-state index in [4.69, 9.17) is 15.6 Å². The largest absolute Gasteiger partial charge is 0.394 e. The van der Waals surface area contributed by atoms with Crippen molar-refractivity contribution in [3.8, 4) is 0 Å². The lowest BCUT2D eigenvalue weighted by Crippen LogP contribution is -2.36. The number of aliphatic hydroxyl groups is 3. The standard InChI is InChI=1S/C9H13N3O5.2CH4/c10-5-1-2-12(9(16)11-5)8-7(15)6(14)4(3-13)17-8;;/h1-2,4,6-8,13-15H,3H2,(H2,10,11,16);2*1H4/t4-,6+,7?,8-;;/m1../s1. The molecule has 110 valence electrons. The van der Waals surface area contributed by atoms with E-state index in [0.717, 1.165) is 4.57 Å². The highest BCUT2D eigenvalue weighted by molar-refractivity contribution is 5.23. The molecule has 0 bridgehead atoms. The molecule has 5 N–H and O–H groups in total. The van der Waals surface area contributed by atoms with Gasteiger partial charge in [0.15, 0.2) is 6.23 Å². The van der Waals surface area contributed by atoms with E-state index in [2.05, 4.69) is 4.98 Å². The lowest BCUT2D eigenvalue weighted by Gasteiger charge is -2.16. The van der Waals surface area contributed by atoms with Gasteiger partial charge in [0.1, 0.15) is 24.1 Å². The molecule has 0 aromatic carbocycles. The number of nitrogen functional groups attached to an aromatic ring is 1. The molecule has 1 saturated heterocycles. The second-order valence-corrected chi connectivity index (χ2v) is 3.77. The minimum absolute atomic E-state index is 0. The first kappa shape index (κ1) is 17.5. The highest BCUT2D eigenvalue weighted by Gasteiger charge is 2.43. The average molecular weight is 275 g/mol. The van der Waals surface area contributed by atoms with E-state index in [-0.39, 0.29) is 20.7 Å². The van der Waals surface area contributed by atoms with Gasteiger partial charge in [0.2, 0.25) is 0 Å². The third-order valence-electron chi connectivity index (χ3n) is 2.64. The summed E-state index contributed by atoms with van der Waals surface area (Å²) in [7, 11) is 0. The lowest BCUT2D eigenvalue weighted by atomic mass is 10.1. The molecular weight excluding hydrogens is 254 g/mol. The van der Waals surface area contributed by atoms with Crippen LogP contribution in [0.15, 0.2) is 17.1 Å². The molecule has 0 amide bonds. The van der Waals surface area contributed by atoms with E-state index >= 15 is 0 Å². The smallest absolute Gasteiger partial charge is 0.351 e. The van der Waals surface area contributed by atoms with Crippen molar-refractivity contribution in [2.75, 3.05) is 12.3 Å². The minimum atomic E-state index is -1.31. The van der Waals surface area contributed by atoms with E-state index in [1.54, 1.807) is 0 Å². The van der Waals surface area contributed by atoms with Crippen LogP contribution in [0.25, 0.3) is 0 Å². The molecule has 1 aromatic heterocycles. The normalized spacial score (nSPS) is 29.4. The Labute approximate surface area is 111 Å². The van der Waals surface area contributed by atoms with Crippen molar-refractivity contribution in [2.45, 2.75) is 39.4 Å². The Morgan fingerprint density at radius 3 is 2.47 bits per heavy atom. The molecule has 2 rings (SSSR count). The van der Waals surface area contributed by atoms with Crippen molar-refractivity contribution in [1.82, 2.24) is 9.55 Å². The summed E-state index contributed by atoms with van der Waals surface area (Å²) in [5.74, 6) is 0.0537. The Hall–Kier alpha value is -1.48. The van der Waals surface area contributed by atoms with Gasteiger partial charge in [-0.25, -0.2) is 4.79 Å². The summed E-state index contributed by atoms with van der Waals surface area (Å²) in [4.78, 5) is 15.0. The van der Waals surface area contributed by atoms with E-state index < -0.39 is 36.8 Å². The fourth-order valence-corrected chi connectivity index (χ4v) is 1.73. The third kappa shape index (κ3) is 3.10. The van der Waals surface area contributed by atoms with Gasteiger partial charge < -0.3 is 25.8 Å². The van der Waals surface area contributed by atoms with Gasteiger partial charge in [-0.05, 0) is 6.07 Å². The van der Waals surface area contributed by atoms with Gasteiger partial charge in [-0.15, -0.1) is 0 Å². The van der Waals surface area contributed by atoms with Gasteiger partial charge in [-0.1, -0.05) is 14.9 Å². The van der Waals surface area contributed by atoms with Crippen LogP contribution < -0.4 is 11.4 Å². The van der Waals surface area contributed by atoms with Crippen molar-refractivity contribution in [3.05, 3.63) is 22.7 Å². The monoisotopic (exact) mass is 275 g/mol. The number of rotatable bonds is 2. The van der Waals surface area contributed by atoms with Gasteiger partial charge >= 0.3 is 5.69 Å². The lowest BCUT2D eigenvalue weighted by molar-refractivity contribution is -0.0549. The molecule has 0 aliphatic carbocycles. The highest BCUT2D eigenvalue weighted by Crippen LogP contribution is 2.27. The van der Waals surface area contributed by atoms with Gasteiger partial charge in [-0.2, -0.15) is 4.98 Å². The molecule has 1 unspecified atom stereocenters. The van der Waals surface area contributed by atoms with Gasteiger partial charge in [0, 0.05) is 6.20 Å². The number of aliphatic hydroxyl groups excluding tert-OH is 3. The predicted molar refractivity (Wildman–Crippen MR) is 69.4 cm³/mol. The number of nitrogens with two attached hydrogens (primary N) is 1. The van der Waals surface area contributed by atoms with E-state index in [1.807, 2.05) is 0 Å². The zero-order chi connectivity index (χ0) is 12.6. The molecule has 2 heterocycles. The van der Waals surface area contributed by atoms with Crippen LogP contribution in [-0.2, 0) is 4.74 Å². The second kappa shape index (κ2) is 6.62. The van der Waals surface area contributed by atoms with Crippen molar-refractivity contribution in [2.24, 2.45) is 0 Å². The summed E-state index contributed by atoms with van der Waals surface area (Å²) in [5, 5.41) is 28.2. The molecule has 1 fully saturated rings. The molecule has 4 atom stereocenters. The van der Waals surface area contributed by atoms with Crippen molar-refractivity contribution < 1.29 is 20.1 Å². The third-order valence-corrected chi connectivity index (χ3v) is 2.64. The van der Waals surface area contributed by atoms with Gasteiger partial charge in [-0.3, -0.25) is 4.57 Å². The fraction of sp³-hybridized carbons (Fsp3) is 0.636. The van der Waals surface area contributed by atoms with E-state index in [0.29, 0.717) is 0 Å². The SMILES string of the molecule is C.C.Nc1ccn([C@@H]2O[C@H](CO)[C@H](O)C2O)c(=O)n1. The van der Waals surface area contributed by atoms with Gasteiger partial charge in [0.25, 0.3) is 0 Å². The number of hydrogen-bond acceptors (Lipinski definition) is 7. The zero-order valence-corrected chi connectivity index (χ0v) is 8.80.